The summed E-state index contributed by atoms with van der Waals surface area (Å²) in [6.45, 7) is 3.61. The van der Waals surface area contributed by atoms with Gasteiger partial charge in [-0.15, -0.1) is 0 Å². The number of hydrogen-bond donors (Lipinski definition) is 0. The van der Waals surface area contributed by atoms with Gasteiger partial charge in [-0.1, -0.05) is 73.3 Å². The Balaban J connectivity index is 2.09. The Labute approximate surface area is 134 Å². The smallest absolute Gasteiger partial charge is 0.196 e. The van der Waals surface area contributed by atoms with Crippen LogP contribution in [0, 0.1) is 5.82 Å². The topological polar surface area (TPSA) is 17.1 Å². The van der Waals surface area contributed by atoms with E-state index in [4.69, 9.17) is 0 Å². The van der Waals surface area contributed by atoms with Crippen molar-refractivity contribution in [3.8, 4) is 11.1 Å². The Morgan fingerprint density at radius 2 is 1.57 bits per heavy atom. The lowest BCUT2D eigenvalue weighted by Gasteiger charge is -2.10. The summed E-state index contributed by atoms with van der Waals surface area (Å²) in [5.41, 5.74) is 2.93. The fourth-order valence-corrected chi connectivity index (χ4v) is 2.54. The summed E-state index contributed by atoms with van der Waals surface area (Å²) in [6, 6.07) is 21.4. The highest BCUT2D eigenvalue weighted by molar-refractivity contribution is 6.13. The summed E-state index contributed by atoms with van der Waals surface area (Å²) in [7, 11) is 0. The van der Waals surface area contributed by atoms with Crippen molar-refractivity contribution in [3.63, 3.8) is 0 Å². The van der Waals surface area contributed by atoms with Crippen molar-refractivity contribution in [2.75, 3.05) is 0 Å². The number of carbonyl (C=O) groups is 1. The molecule has 0 bridgehead atoms. The Morgan fingerprint density at radius 1 is 0.870 bits per heavy atom. The molecule has 0 heterocycles. The molecule has 0 atom stereocenters. The van der Waals surface area contributed by atoms with E-state index >= 15 is 0 Å². The normalized spacial score (nSPS) is 10.3. The van der Waals surface area contributed by atoms with Crippen LogP contribution >= 0.6 is 0 Å². The Morgan fingerprint density at radius 3 is 2.26 bits per heavy atom. The van der Waals surface area contributed by atoms with Gasteiger partial charge < -0.3 is 0 Å². The fourth-order valence-electron chi connectivity index (χ4n) is 2.54. The van der Waals surface area contributed by atoms with Crippen LogP contribution in [-0.4, -0.2) is 5.78 Å². The average molecular weight is 302 g/mol. The molecule has 0 aromatic heterocycles. The molecule has 3 rings (SSSR count). The standard InChI is InChI=1S/C21H15FO/c1-2-15-12-13-19(20(22)14-15)21(23)18-11-7-6-10-17(18)16-8-4-3-5-9-16/h2-14H,1H2. The van der Waals surface area contributed by atoms with E-state index in [0.29, 0.717) is 11.1 Å². The van der Waals surface area contributed by atoms with E-state index in [9.17, 15) is 9.18 Å². The van der Waals surface area contributed by atoms with E-state index < -0.39 is 5.82 Å². The third kappa shape index (κ3) is 2.97. The maximum Gasteiger partial charge on any atom is 0.196 e. The molecule has 23 heavy (non-hydrogen) atoms. The highest BCUT2D eigenvalue weighted by atomic mass is 19.1. The summed E-state index contributed by atoms with van der Waals surface area (Å²) in [5, 5.41) is 0. The number of hydrogen-bond acceptors (Lipinski definition) is 1. The van der Waals surface area contributed by atoms with Gasteiger partial charge in [-0.05, 0) is 28.8 Å². The molecule has 1 nitrogen and oxygen atoms in total. The first-order valence-corrected chi connectivity index (χ1v) is 7.32. The lowest BCUT2D eigenvalue weighted by Crippen LogP contribution is -2.06. The van der Waals surface area contributed by atoms with E-state index in [1.165, 1.54) is 12.1 Å². The molecule has 3 aromatic carbocycles. The largest absolute Gasteiger partial charge is 0.288 e. The molecule has 0 spiro atoms. The summed E-state index contributed by atoms with van der Waals surface area (Å²) >= 11 is 0. The van der Waals surface area contributed by atoms with Crippen LogP contribution in [0.5, 0.6) is 0 Å². The van der Waals surface area contributed by atoms with Crippen molar-refractivity contribution in [1.29, 1.82) is 0 Å². The molecule has 0 aliphatic rings. The van der Waals surface area contributed by atoms with Gasteiger partial charge in [-0.25, -0.2) is 4.39 Å². The molecule has 0 aliphatic heterocycles. The first-order chi connectivity index (χ1) is 11.2. The predicted molar refractivity (Wildman–Crippen MR) is 91.8 cm³/mol. The molecule has 0 fully saturated rings. The second-order valence-electron chi connectivity index (χ2n) is 5.18. The van der Waals surface area contributed by atoms with Crippen LogP contribution in [0.3, 0.4) is 0 Å². The van der Waals surface area contributed by atoms with Crippen LogP contribution in [0.1, 0.15) is 21.5 Å². The first kappa shape index (κ1) is 14.9. The number of ketones is 1. The highest BCUT2D eigenvalue weighted by Gasteiger charge is 2.17. The summed E-state index contributed by atoms with van der Waals surface area (Å²) in [5.74, 6) is -0.854. The quantitative estimate of drug-likeness (QED) is 0.592. The van der Waals surface area contributed by atoms with Crippen LogP contribution in [0.4, 0.5) is 4.39 Å². The Kier molecular flexibility index (Phi) is 4.15. The zero-order chi connectivity index (χ0) is 16.2. The summed E-state index contributed by atoms with van der Waals surface area (Å²) in [6.07, 6.45) is 1.55. The molecule has 112 valence electrons. The van der Waals surface area contributed by atoms with Crippen molar-refractivity contribution < 1.29 is 9.18 Å². The average Bonchev–Trinajstić information content (AvgIpc) is 2.62. The zero-order valence-electron chi connectivity index (χ0n) is 12.5. The van der Waals surface area contributed by atoms with Gasteiger partial charge in [0.05, 0.1) is 5.56 Å². The van der Waals surface area contributed by atoms with Crippen LogP contribution in [0.15, 0.2) is 79.4 Å². The van der Waals surface area contributed by atoms with Crippen LogP contribution in [0.2, 0.25) is 0 Å². The minimum absolute atomic E-state index is 0.0685. The maximum atomic E-state index is 14.2. The molecule has 2 heteroatoms. The van der Waals surface area contributed by atoms with Crippen molar-refractivity contribution in [2.24, 2.45) is 0 Å². The third-order valence-corrected chi connectivity index (χ3v) is 3.73. The molecule has 0 saturated heterocycles. The van der Waals surface area contributed by atoms with Crippen molar-refractivity contribution >= 4 is 11.9 Å². The SMILES string of the molecule is C=Cc1ccc(C(=O)c2ccccc2-c2ccccc2)c(F)c1. The van der Waals surface area contributed by atoms with Gasteiger partial charge >= 0.3 is 0 Å². The van der Waals surface area contributed by atoms with Crippen LogP contribution in [0.25, 0.3) is 17.2 Å². The molecule has 0 saturated carbocycles. The first-order valence-electron chi connectivity index (χ1n) is 7.32. The fraction of sp³-hybridized carbons (Fsp3) is 0. The van der Waals surface area contributed by atoms with E-state index in [2.05, 4.69) is 6.58 Å². The Hall–Kier alpha value is -3.00. The van der Waals surface area contributed by atoms with Crippen molar-refractivity contribution in [2.45, 2.75) is 0 Å². The molecule has 0 unspecified atom stereocenters. The van der Waals surface area contributed by atoms with Gasteiger partial charge in [-0.2, -0.15) is 0 Å². The molecule has 0 aliphatic carbocycles. The van der Waals surface area contributed by atoms with Gasteiger partial charge in [-0.3, -0.25) is 4.79 Å². The molecule has 0 N–H and O–H groups in total. The van der Waals surface area contributed by atoms with Crippen LogP contribution < -0.4 is 0 Å². The number of halogens is 1. The maximum absolute atomic E-state index is 14.2. The minimum atomic E-state index is -0.532. The number of benzene rings is 3. The molecular weight excluding hydrogens is 287 g/mol. The highest BCUT2D eigenvalue weighted by Crippen LogP contribution is 2.26. The van der Waals surface area contributed by atoms with Gasteiger partial charge in [0.2, 0.25) is 0 Å². The van der Waals surface area contributed by atoms with E-state index in [0.717, 1.165) is 11.1 Å². The number of carbonyl (C=O) groups excluding carboxylic acids is 1. The second kappa shape index (κ2) is 6.41. The van der Waals surface area contributed by atoms with E-state index in [1.54, 1.807) is 24.3 Å². The molecular formula is C21H15FO. The van der Waals surface area contributed by atoms with Gasteiger partial charge in [0, 0.05) is 5.56 Å². The molecule has 0 amide bonds. The molecule has 3 aromatic rings. The molecule has 0 radical (unpaired) electrons. The second-order valence-corrected chi connectivity index (χ2v) is 5.18. The van der Waals surface area contributed by atoms with Crippen molar-refractivity contribution in [1.82, 2.24) is 0 Å². The third-order valence-electron chi connectivity index (χ3n) is 3.73. The van der Waals surface area contributed by atoms with Crippen LogP contribution in [-0.2, 0) is 0 Å². The minimum Gasteiger partial charge on any atom is -0.288 e. The zero-order valence-corrected chi connectivity index (χ0v) is 12.5. The summed E-state index contributed by atoms with van der Waals surface area (Å²) in [4.78, 5) is 12.8. The Bertz CT molecular complexity index is 866. The monoisotopic (exact) mass is 302 g/mol. The van der Waals surface area contributed by atoms with Crippen molar-refractivity contribution in [3.05, 3.63) is 102 Å². The van der Waals surface area contributed by atoms with E-state index in [-0.39, 0.29) is 11.3 Å². The lowest BCUT2D eigenvalue weighted by atomic mass is 9.93. The van der Waals surface area contributed by atoms with Gasteiger partial charge in [0.15, 0.2) is 5.78 Å². The van der Waals surface area contributed by atoms with Gasteiger partial charge in [0.1, 0.15) is 5.82 Å². The lowest BCUT2D eigenvalue weighted by molar-refractivity contribution is 0.103. The summed E-state index contributed by atoms with van der Waals surface area (Å²) < 4.78 is 14.2. The van der Waals surface area contributed by atoms with E-state index in [1.807, 2.05) is 42.5 Å². The predicted octanol–water partition coefficient (Wildman–Crippen LogP) is 5.37. The number of rotatable bonds is 4. The van der Waals surface area contributed by atoms with Gasteiger partial charge in [0.25, 0.3) is 0 Å².